The van der Waals surface area contributed by atoms with E-state index in [4.69, 9.17) is 21.7 Å². The van der Waals surface area contributed by atoms with E-state index in [2.05, 4.69) is 32.3 Å². The maximum atomic E-state index is 11.3. The van der Waals surface area contributed by atoms with Crippen LogP contribution in [0.2, 0.25) is 5.02 Å². The van der Waals surface area contributed by atoms with Gasteiger partial charge in [0.2, 0.25) is 11.8 Å². The van der Waals surface area contributed by atoms with Crippen LogP contribution in [0.5, 0.6) is 0 Å². The Morgan fingerprint density at radius 3 is 2.90 bits per heavy atom. The molecular formula is C20H19ClN6O2S. The molecule has 0 spiro atoms. The molecule has 0 unspecified atom stereocenters. The average molecular weight is 443 g/mol. The molecule has 1 aromatic heterocycles. The summed E-state index contributed by atoms with van der Waals surface area (Å²) >= 11 is 7.67. The third-order valence-electron chi connectivity index (χ3n) is 4.05. The minimum atomic E-state index is -0.167. The number of benzene rings is 2. The number of nitrogens with one attached hydrogen (secondary N) is 3. The molecular weight excluding hydrogens is 424 g/mol. The van der Waals surface area contributed by atoms with Crippen LogP contribution in [0.25, 0.3) is 10.2 Å². The van der Waals surface area contributed by atoms with Gasteiger partial charge in [-0.2, -0.15) is 0 Å². The van der Waals surface area contributed by atoms with Gasteiger partial charge in [-0.3, -0.25) is 15.2 Å². The van der Waals surface area contributed by atoms with Gasteiger partial charge in [0.05, 0.1) is 33.7 Å². The molecule has 0 aliphatic rings. The van der Waals surface area contributed by atoms with Crippen LogP contribution < -0.4 is 10.6 Å². The van der Waals surface area contributed by atoms with E-state index in [0.717, 1.165) is 15.8 Å². The number of amides is 1. The molecule has 0 bridgehead atoms. The summed E-state index contributed by atoms with van der Waals surface area (Å²) in [7, 11) is 1.44. The number of halogens is 1. The molecule has 30 heavy (non-hydrogen) atoms. The summed E-state index contributed by atoms with van der Waals surface area (Å²) < 4.78 is 5.87. The van der Waals surface area contributed by atoms with Crippen molar-refractivity contribution in [2.45, 2.75) is 13.5 Å². The van der Waals surface area contributed by atoms with Crippen molar-refractivity contribution in [2.75, 3.05) is 17.7 Å². The number of hydrogen-bond donors (Lipinski definition) is 3. The summed E-state index contributed by atoms with van der Waals surface area (Å²) in [6.45, 7) is 5.25. The Kier molecular flexibility index (Phi) is 6.76. The Balaban J connectivity index is 2.00. The zero-order valence-electron chi connectivity index (χ0n) is 16.3. The number of aromatic nitrogens is 1. The number of anilines is 2. The van der Waals surface area contributed by atoms with E-state index in [1.54, 1.807) is 18.2 Å². The van der Waals surface area contributed by atoms with Crippen molar-refractivity contribution in [3.05, 3.63) is 45.9 Å². The molecule has 8 nitrogen and oxygen atoms in total. The quantitative estimate of drug-likeness (QED) is 0.358. The molecule has 0 aliphatic heterocycles. The van der Waals surface area contributed by atoms with Crippen LogP contribution in [0.3, 0.4) is 0 Å². The lowest BCUT2D eigenvalue weighted by Gasteiger charge is -2.13. The number of hydrogen-bond acceptors (Lipinski definition) is 7. The summed E-state index contributed by atoms with van der Waals surface area (Å²) in [4.78, 5) is 23.8. The number of carbonyl (C=O) groups is 1. The predicted molar refractivity (Wildman–Crippen MR) is 124 cm³/mol. The molecule has 3 rings (SSSR count). The van der Waals surface area contributed by atoms with Crippen LogP contribution >= 0.6 is 22.9 Å². The van der Waals surface area contributed by atoms with Crippen LogP contribution in [0, 0.1) is 5.41 Å². The van der Waals surface area contributed by atoms with E-state index in [1.807, 2.05) is 12.1 Å². The van der Waals surface area contributed by atoms with Crippen LogP contribution in [-0.2, 0) is 16.1 Å². The Hall–Kier alpha value is -3.30. The third-order valence-corrected chi connectivity index (χ3v) is 5.51. The van der Waals surface area contributed by atoms with E-state index in [9.17, 15) is 4.79 Å². The van der Waals surface area contributed by atoms with Crippen LogP contribution in [0.4, 0.5) is 17.1 Å². The first-order valence-electron chi connectivity index (χ1n) is 8.77. The topological polar surface area (TPSA) is 112 Å². The van der Waals surface area contributed by atoms with E-state index < -0.39 is 0 Å². The number of ether oxygens (including phenoxy) is 1. The second-order valence-electron chi connectivity index (χ2n) is 6.12. The summed E-state index contributed by atoms with van der Waals surface area (Å²) in [6, 6.07) is 8.86. The molecule has 10 heteroatoms. The molecule has 0 radical (unpaired) electrons. The van der Waals surface area contributed by atoms with Gasteiger partial charge < -0.3 is 15.4 Å². The third kappa shape index (κ3) is 4.81. The number of fused-ring (bicyclic) bond motifs is 1. The maximum Gasteiger partial charge on any atom is 0.242 e. The van der Waals surface area contributed by atoms with E-state index in [0.29, 0.717) is 33.6 Å². The molecule has 0 atom stereocenters. The molecule has 3 N–H and O–H groups in total. The molecule has 154 valence electrons. The van der Waals surface area contributed by atoms with Crippen molar-refractivity contribution in [1.29, 1.82) is 5.41 Å². The predicted octanol–water partition coefficient (Wildman–Crippen LogP) is 4.85. The highest BCUT2D eigenvalue weighted by Crippen LogP contribution is 2.34. The first kappa shape index (κ1) is 21.4. The Morgan fingerprint density at radius 1 is 1.40 bits per heavy atom. The molecule has 0 aliphatic carbocycles. The standard InChI is InChI=1S/C20H19ClN6O2S/c1-11(28)26-12-4-5-14(21)17(8-12)24-9-13-15(25-10-23-2)6-7-16-18(13)30-20(27-16)19(22)29-3/h4-8,10,22,24H,2,9H2,1,3H3,(H,26,28). The highest BCUT2D eigenvalue weighted by molar-refractivity contribution is 7.20. The lowest BCUT2D eigenvalue weighted by atomic mass is 10.1. The smallest absolute Gasteiger partial charge is 0.242 e. The lowest BCUT2D eigenvalue weighted by molar-refractivity contribution is -0.114. The first-order chi connectivity index (χ1) is 14.4. The fourth-order valence-corrected chi connectivity index (χ4v) is 3.96. The minimum Gasteiger partial charge on any atom is -0.479 e. The number of aliphatic imine (C=N–C) groups is 2. The maximum absolute atomic E-state index is 11.3. The van der Waals surface area contributed by atoms with E-state index in [1.165, 1.54) is 31.7 Å². The van der Waals surface area contributed by atoms with Gasteiger partial charge in [-0.05, 0) is 37.0 Å². The normalized spacial score (nSPS) is 10.9. The summed E-state index contributed by atoms with van der Waals surface area (Å²) in [6.07, 6.45) is 1.37. The van der Waals surface area contributed by atoms with Crippen LogP contribution in [0.15, 0.2) is 40.3 Å². The Bertz CT molecular complexity index is 1160. The van der Waals surface area contributed by atoms with Crippen LogP contribution in [0.1, 0.15) is 17.5 Å². The second kappa shape index (κ2) is 9.47. The van der Waals surface area contributed by atoms with Gasteiger partial charge in [0, 0.05) is 24.7 Å². The largest absolute Gasteiger partial charge is 0.479 e. The summed E-state index contributed by atoms with van der Waals surface area (Å²) in [5.74, 6) is -0.168. The zero-order chi connectivity index (χ0) is 21.7. The Labute approximate surface area is 182 Å². The lowest BCUT2D eigenvalue weighted by Crippen LogP contribution is -2.07. The van der Waals surface area contributed by atoms with Gasteiger partial charge in [-0.25, -0.2) is 9.98 Å². The van der Waals surface area contributed by atoms with Crippen molar-refractivity contribution < 1.29 is 9.53 Å². The fraction of sp³-hybridized carbons (Fsp3) is 0.150. The molecule has 1 heterocycles. The van der Waals surface area contributed by atoms with Gasteiger partial charge >= 0.3 is 0 Å². The highest BCUT2D eigenvalue weighted by Gasteiger charge is 2.15. The molecule has 3 aromatic rings. The number of carbonyl (C=O) groups excluding carboxylic acids is 1. The molecule has 0 saturated carbocycles. The SMILES string of the molecule is C=NC=Nc1ccc2nc(C(=N)OC)sc2c1CNc1cc(NC(C)=O)ccc1Cl. The van der Waals surface area contributed by atoms with Crippen LogP contribution in [-0.4, -0.2) is 37.0 Å². The zero-order valence-corrected chi connectivity index (χ0v) is 17.9. The van der Waals surface area contributed by atoms with Gasteiger partial charge in [0.1, 0.15) is 6.34 Å². The number of thiazole rings is 1. The van der Waals surface area contributed by atoms with Crippen molar-refractivity contribution in [1.82, 2.24) is 4.98 Å². The first-order valence-corrected chi connectivity index (χ1v) is 9.97. The van der Waals surface area contributed by atoms with Gasteiger partial charge in [-0.15, -0.1) is 11.3 Å². The minimum absolute atomic E-state index is 0.000952. The van der Waals surface area contributed by atoms with Gasteiger partial charge in [0.15, 0.2) is 5.01 Å². The van der Waals surface area contributed by atoms with Crippen molar-refractivity contribution >= 4 is 75.1 Å². The van der Waals surface area contributed by atoms with E-state index in [-0.39, 0.29) is 11.8 Å². The summed E-state index contributed by atoms with van der Waals surface area (Å²) in [5, 5.41) is 14.9. The van der Waals surface area contributed by atoms with Gasteiger partial charge in [0.25, 0.3) is 0 Å². The van der Waals surface area contributed by atoms with Crippen molar-refractivity contribution in [3.63, 3.8) is 0 Å². The van der Waals surface area contributed by atoms with Crippen molar-refractivity contribution in [2.24, 2.45) is 9.98 Å². The van der Waals surface area contributed by atoms with E-state index >= 15 is 0 Å². The average Bonchev–Trinajstić information content (AvgIpc) is 3.16. The van der Waals surface area contributed by atoms with Gasteiger partial charge in [-0.1, -0.05) is 11.6 Å². The fourth-order valence-electron chi connectivity index (χ4n) is 2.74. The molecule has 1 amide bonds. The molecule has 0 fully saturated rings. The highest BCUT2D eigenvalue weighted by atomic mass is 35.5. The van der Waals surface area contributed by atoms with Crippen molar-refractivity contribution in [3.8, 4) is 0 Å². The number of nitrogens with zero attached hydrogens (tertiary/aromatic N) is 3. The molecule has 0 saturated heterocycles. The second-order valence-corrected chi connectivity index (χ2v) is 7.53. The Morgan fingerprint density at radius 2 is 2.20 bits per heavy atom. The molecule has 2 aromatic carbocycles. The number of methoxy groups -OCH3 is 1. The summed E-state index contributed by atoms with van der Waals surface area (Å²) in [5.41, 5.74) is 3.58. The monoisotopic (exact) mass is 442 g/mol. The number of rotatable bonds is 7.